The summed E-state index contributed by atoms with van der Waals surface area (Å²) in [5.41, 5.74) is 1.17. The van der Waals surface area contributed by atoms with Crippen LogP contribution in [0, 0.1) is 0 Å². The molecule has 0 spiro atoms. The number of benzene rings is 1. The molecule has 6 nitrogen and oxygen atoms in total. The molecule has 0 bridgehead atoms. The van der Waals surface area contributed by atoms with E-state index in [-0.39, 0.29) is 0 Å². The number of nitrogens with zero attached hydrogens (tertiary/aromatic N) is 3. The van der Waals surface area contributed by atoms with Crippen LogP contribution in [0.3, 0.4) is 0 Å². The minimum absolute atomic E-state index is 0.402. The van der Waals surface area contributed by atoms with Crippen molar-refractivity contribution in [3.05, 3.63) is 24.3 Å². The second kappa shape index (κ2) is 10.4. The molecule has 2 saturated heterocycles. The van der Waals surface area contributed by atoms with Crippen molar-refractivity contribution in [2.45, 2.75) is 38.1 Å². The molecule has 1 unspecified atom stereocenters. The van der Waals surface area contributed by atoms with Crippen molar-refractivity contribution in [2.75, 3.05) is 58.3 Å². The average Bonchev–Trinajstić information content (AvgIpc) is 3.01. The van der Waals surface area contributed by atoms with E-state index in [4.69, 9.17) is 4.74 Å². The van der Waals surface area contributed by atoms with Gasteiger partial charge < -0.3 is 25.2 Å². The highest BCUT2D eigenvalue weighted by Gasteiger charge is 2.25. The molecule has 150 valence electrons. The molecule has 0 aromatic heterocycles. The Hall–Kier alpha value is -1.95. The number of likely N-dealkylation sites (tertiary alicyclic amines) is 1. The van der Waals surface area contributed by atoms with Crippen LogP contribution < -0.4 is 20.3 Å². The summed E-state index contributed by atoms with van der Waals surface area (Å²) in [6, 6.07) is 8.65. The molecule has 1 aromatic carbocycles. The molecule has 2 heterocycles. The third-order valence-electron chi connectivity index (χ3n) is 5.60. The predicted molar refractivity (Wildman–Crippen MR) is 113 cm³/mol. The van der Waals surface area contributed by atoms with Gasteiger partial charge in [0.1, 0.15) is 5.75 Å². The summed E-state index contributed by atoms with van der Waals surface area (Å²) >= 11 is 0. The van der Waals surface area contributed by atoms with Crippen LogP contribution in [0.4, 0.5) is 5.69 Å². The SMILES string of the molecule is CN=C(NCCN1CCCCCC1)NC1CCN(c2ccccc2OC)C1. The first-order valence-corrected chi connectivity index (χ1v) is 10.4. The third-order valence-corrected chi connectivity index (χ3v) is 5.60. The van der Waals surface area contributed by atoms with Gasteiger partial charge in [0.25, 0.3) is 0 Å². The van der Waals surface area contributed by atoms with Crippen molar-refractivity contribution < 1.29 is 4.74 Å². The zero-order valence-corrected chi connectivity index (χ0v) is 16.9. The number of methoxy groups -OCH3 is 1. The Kier molecular flexibility index (Phi) is 7.63. The number of ether oxygens (including phenoxy) is 1. The van der Waals surface area contributed by atoms with Crippen molar-refractivity contribution in [3.8, 4) is 5.75 Å². The maximum absolute atomic E-state index is 5.51. The summed E-state index contributed by atoms with van der Waals surface area (Å²) in [7, 11) is 3.59. The maximum atomic E-state index is 5.51. The second-order valence-corrected chi connectivity index (χ2v) is 7.50. The quantitative estimate of drug-likeness (QED) is 0.592. The Balaban J connectivity index is 1.43. The van der Waals surface area contributed by atoms with Gasteiger partial charge in [-0.05, 0) is 44.5 Å². The fourth-order valence-corrected chi connectivity index (χ4v) is 4.07. The zero-order chi connectivity index (χ0) is 18.9. The van der Waals surface area contributed by atoms with E-state index in [1.165, 1.54) is 44.5 Å². The van der Waals surface area contributed by atoms with Gasteiger partial charge >= 0.3 is 0 Å². The van der Waals surface area contributed by atoms with Crippen molar-refractivity contribution in [3.63, 3.8) is 0 Å². The van der Waals surface area contributed by atoms with E-state index in [1.54, 1.807) is 7.11 Å². The van der Waals surface area contributed by atoms with Gasteiger partial charge in [0.2, 0.25) is 0 Å². The topological polar surface area (TPSA) is 52.1 Å². The van der Waals surface area contributed by atoms with E-state index in [2.05, 4.69) is 37.6 Å². The van der Waals surface area contributed by atoms with E-state index < -0.39 is 0 Å². The first-order chi connectivity index (χ1) is 13.3. The van der Waals surface area contributed by atoms with Gasteiger partial charge in [-0.2, -0.15) is 0 Å². The molecule has 2 aliphatic heterocycles. The number of nitrogens with one attached hydrogen (secondary N) is 2. The minimum Gasteiger partial charge on any atom is -0.495 e. The number of hydrogen-bond acceptors (Lipinski definition) is 4. The molecule has 1 aromatic rings. The van der Waals surface area contributed by atoms with Gasteiger partial charge in [-0.3, -0.25) is 4.99 Å². The largest absolute Gasteiger partial charge is 0.495 e. The summed E-state index contributed by atoms with van der Waals surface area (Å²) in [6.45, 7) is 6.52. The summed E-state index contributed by atoms with van der Waals surface area (Å²) in [5.74, 6) is 1.86. The Morgan fingerprint density at radius 1 is 1.15 bits per heavy atom. The molecule has 0 saturated carbocycles. The van der Waals surface area contributed by atoms with Crippen molar-refractivity contribution >= 4 is 11.6 Å². The lowest BCUT2D eigenvalue weighted by molar-refractivity contribution is 0.289. The van der Waals surface area contributed by atoms with Gasteiger partial charge in [-0.1, -0.05) is 25.0 Å². The van der Waals surface area contributed by atoms with E-state index in [0.29, 0.717) is 6.04 Å². The second-order valence-electron chi connectivity index (χ2n) is 7.50. The summed E-state index contributed by atoms with van der Waals surface area (Å²) in [4.78, 5) is 9.38. The van der Waals surface area contributed by atoms with Crippen LogP contribution in [0.15, 0.2) is 29.3 Å². The predicted octanol–water partition coefficient (Wildman–Crippen LogP) is 2.31. The molecule has 6 heteroatoms. The van der Waals surface area contributed by atoms with Gasteiger partial charge in [0, 0.05) is 39.3 Å². The minimum atomic E-state index is 0.402. The van der Waals surface area contributed by atoms with Gasteiger partial charge in [-0.15, -0.1) is 0 Å². The van der Waals surface area contributed by atoms with E-state index >= 15 is 0 Å². The van der Waals surface area contributed by atoms with Crippen LogP contribution in [0.1, 0.15) is 32.1 Å². The van der Waals surface area contributed by atoms with Gasteiger partial charge in [-0.25, -0.2) is 0 Å². The highest BCUT2D eigenvalue weighted by Crippen LogP contribution is 2.30. The van der Waals surface area contributed by atoms with Crippen molar-refractivity contribution in [2.24, 2.45) is 4.99 Å². The molecule has 0 amide bonds. The third kappa shape index (κ3) is 5.76. The molecular formula is C21H35N5O. The number of para-hydroxylation sites is 2. The lowest BCUT2D eigenvalue weighted by atomic mass is 10.2. The smallest absolute Gasteiger partial charge is 0.191 e. The van der Waals surface area contributed by atoms with E-state index in [1.807, 2.05) is 19.2 Å². The molecule has 2 fully saturated rings. The zero-order valence-electron chi connectivity index (χ0n) is 16.9. The lowest BCUT2D eigenvalue weighted by Crippen LogP contribution is -2.46. The van der Waals surface area contributed by atoms with Crippen LogP contribution in [0.5, 0.6) is 5.75 Å². The van der Waals surface area contributed by atoms with Crippen LogP contribution in [0.2, 0.25) is 0 Å². The van der Waals surface area contributed by atoms with Crippen LogP contribution in [-0.4, -0.2) is 70.3 Å². The average molecular weight is 374 g/mol. The number of anilines is 1. The normalized spacial score (nSPS) is 21.8. The molecule has 27 heavy (non-hydrogen) atoms. The van der Waals surface area contributed by atoms with Crippen molar-refractivity contribution in [1.82, 2.24) is 15.5 Å². The monoisotopic (exact) mass is 373 g/mol. The Labute approximate surface area is 164 Å². The fourth-order valence-electron chi connectivity index (χ4n) is 4.07. The highest BCUT2D eigenvalue weighted by atomic mass is 16.5. The first kappa shape index (κ1) is 19.8. The molecular weight excluding hydrogens is 338 g/mol. The standard InChI is InChI=1S/C21H35N5O/c1-22-21(23-12-16-25-13-7-3-4-8-14-25)24-18-11-15-26(17-18)19-9-5-6-10-20(19)27-2/h5-6,9-10,18H,3-4,7-8,11-17H2,1-2H3,(H2,22,23,24). The van der Waals surface area contributed by atoms with E-state index in [9.17, 15) is 0 Å². The number of hydrogen-bond donors (Lipinski definition) is 2. The summed E-state index contributed by atoms with van der Waals surface area (Å²) in [5, 5.41) is 7.09. The van der Waals surface area contributed by atoms with E-state index in [0.717, 1.165) is 44.3 Å². The Morgan fingerprint density at radius 3 is 2.67 bits per heavy atom. The summed E-state index contributed by atoms with van der Waals surface area (Å²) in [6.07, 6.45) is 6.56. The van der Waals surface area contributed by atoms with Gasteiger partial charge in [0.05, 0.1) is 12.8 Å². The van der Waals surface area contributed by atoms with Crippen LogP contribution in [-0.2, 0) is 0 Å². The first-order valence-electron chi connectivity index (χ1n) is 10.4. The highest BCUT2D eigenvalue weighted by molar-refractivity contribution is 5.80. The number of rotatable bonds is 6. The number of guanidine groups is 1. The molecule has 3 rings (SSSR count). The van der Waals surface area contributed by atoms with Crippen LogP contribution >= 0.6 is 0 Å². The maximum Gasteiger partial charge on any atom is 0.191 e. The van der Waals surface area contributed by atoms with Crippen molar-refractivity contribution in [1.29, 1.82) is 0 Å². The Morgan fingerprint density at radius 2 is 1.93 bits per heavy atom. The Bertz CT molecular complexity index is 598. The lowest BCUT2D eigenvalue weighted by Gasteiger charge is -2.23. The number of aliphatic imine (C=N–C) groups is 1. The van der Waals surface area contributed by atoms with Crippen LogP contribution in [0.25, 0.3) is 0 Å². The molecule has 0 aliphatic carbocycles. The van der Waals surface area contributed by atoms with Gasteiger partial charge in [0.15, 0.2) is 5.96 Å². The molecule has 0 radical (unpaired) electrons. The molecule has 2 N–H and O–H groups in total. The summed E-state index contributed by atoms with van der Waals surface area (Å²) < 4.78 is 5.51. The molecule has 1 atom stereocenters. The molecule has 2 aliphatic rings. The fraction of sp³-hybridized carbons (Fsp3) is 0.667.